The number of hydrogen-bond acceptors (Lipinski definition) is 5. The fourth-order valence-electron chi connectivity index (χ4n) is 12.3. The molecular formula is C50H90N4O4. The van der Waals surface area contributed by atoms with Crippen molar-refractivity contribution in [2.75, 3.05) is 32.7 Å². The molecule has 8 atom stereocenters. The summed E-state index contributed by atoms with van der Waals surface area (Å²) < 4.78 is 6.04. The van der Waals surface area contributed by atoms with E-state index in [2.05, 4.69) is 58.3 Å². The Balaban J connectivity index is 1.17. The molecule has 0 unspecified atom stereocenters. The lowest BCUT2D eigenvalue weighted by molar-refractivity contribution is -0.136. The van der Waals surface area contributed by atoms with Crippen LogP contribution in [0.3, 0.4) is 0 Å². The number of unbranched alkanes of at least 4 members (excludes halogenated alkanes) is 10. The van der Waals surface area contributed by atoms with E-state index in [4.69, 9.17) is 10.5 Å². The molecule has 8 nitrogen and oxygen atoms in total. The van der Waals surface area contributed by atoms with Crippen molar-refractivity contribution in [1.82, 2.24) is 15.5 Å². The van der Waals surface area contributed by atoms with Crippen LogP contribution in [0.1, 0.15) is 202 Å². The quantitative estimate of drug-likeness (QED) is 0.0565. The van der Waals surface area contributed by atoms with Crippen LogP contribution in [0.2, 0.25) is 0 Å². The molecule has 0 heterocycles. The van der Waals surface area contributed by atoms with Gasteiger partial charge in [-0.2, -0.15) is 0 Å². The topological polar surface area (TPSA) is 114 Å². The fraction of sp³-hybridized carbons (Fsp3) is 0.900. The molecule has 0 aromatic heterocycles. The third-order valence-corrected chi connectivity index (χ3v) is 15.8. The van der Waals surface area contributed by atoms with Crippen LogP contribution in [-0.4, -0.2) is 61.6 Å². The molecule has 0 saturated heterocycles. The van der Waals surface area contributed by atoms with Crippen molar-refractivity contribution >= 4 is 17.9 Å². The highest BCUT2D eigenvalue weighted by Gasteiger charge is 2.59. The lowest BCUT2D eigenvalue weighted by atomic mass is 9.47. The minimum absolute atomic E-state index is 0.0466. The van der Waals surface area contributed by atoms with Crippen LogP contribution in [0.4, 0.5) is 4.79 Å². The van der Waals surface area contributed by atoms with Gasteiger partial charge in [0.25, 0.3) is 0 Å². The first-order chi connectivity index (χ1) is 27.9. The van der Waals surface area contributed by atoms with Crippen molar-refractivity contribution < 1.29 is 19.1 Å². The summed E-state index contributed by atoms with van der Waals surface area (Å²) in [6.07, 6.45) is 30.9. The molecule has 0 spiro atoms. The lowest BCUT2D eigenvalue weighted by Gasteiger charge is -2.58. The zero-order valence-electron chi connectivity index (χ0n) is 38.5. The Morgan fingerprint density at radius 1 is 0.810 bits per heavy atom. The Morgan fingerprint density at radius 3 is 2.22 bits per heavy atom. The largest absolute Gasteiger partial charge is 0.446 e. The Morgan fingerprint density at radius 2 is 1.52 bits per heavy atom. The van der Waals surface area contributed by atoms with Crippen molar-refractivity contribution in [2.45, 2.75) is 208 Å². The number of nitrogens with two attached hydrogens (primary N) is 1. The minimum Gasteiger partial charge on any atom is -0.446 e. The molecular weight excluding hydrogens is 721 g/mol. The van der Waals surface area contributed by atoms with E-state index < -0.39 is 0 Å². The Hall–Kier alpha value is -2.09. The molecule has 334 valence electrons. The highest BCUT2D eigenvalue weighted by Crippen LogP contribution is 2.67. The van der Waals surface area contributed by atoms with Crippen molar-refractivity contribution in [1.29, 1.82) is 0 Å². The molecule has 4 rings (SSSR count). The number of amides is 3. The van der Waals surface area contributed by atoms with Crippen LogP contribution in [0, 0.1) is 46.3 Å². The normalized spacial score (nSPS) is 28.2. The van der Waals surface area contributed by atoms with Crippen molar-refractivity contribution in [3.63, 3.8) is 0 Å². The van der Waals surface area contributed by atoms with Crippen LogP contribution < -0.4 is 16.4 Å². The van der Waals surface area contributed by atoms with Gasteiger partial charge in [0.05, 0.1) is 6.54 Å². The molecule has 4 aliphatic carbocycles. The average Bonchev–Trinajstić information content (AvgIpc) is 3.55. The summed E-state index contributed by atoms with van der Waals surface area (Å²) in [7, 11) is 0. The lowest BCUT2D eigenvalue weighted by Crippen LogP contribution is -2.51. The number of nitrogens with one attached hydrogen (secondary N) is 2. The molecule has 0 radical (unpaired) electrons. The Labute approximate surface area is 356 Å². The Bertz CT molecular complexity index is 1270. The maximum atomic E-state index is 13.2. The summed E-state index contributed by atoms with van der Waals surface area (Å²) in [5.74, 6) is 4.85. The van der Waals surface area contributed by atoms with Gasteiger partial charge in [-0.05, 0) is 124 Å². The maximum absolute atomic E-state index is 13.2. The summed E-state index contributed by atoms with van der Waals surface area (Å²) >= 11 is 0. The van der Waals surface area contributed by atoms with Gasteiger partial charge in [-0.1, -0.05) is 130 Å². The van der Waals surface area contributed by atoms with E-state index in [1.165, 1.54) is 103 Å². The average molecular weight is 811 g/mol. The van der Waals surface area contributed by atoms with Crippen LogP contribution >= 0.6 is 0 Å². The van der Waals surface area contributed by atoms with Gasteiger partial charge < -0.3 is 26.0 Å². The van der Waals surface area contributed by atoms with Crippen LogP contribution in [-0.2, 0) is 14.3 Å². The van der Waals surface area contributed by atoms with E-state index >= 15 is 0 Å². The zero-order valence-corrected chi connectivity index (χ0v) is 38.5. The first-order valence-corrected chi connectivity index (χ1v) is 24.8. The van der Waals surface area contributed by atoms with Crippen molar-refractivity contribution in [3.05, 3.63) is 11.6 Å². The second-order valence-corrected chi connectivity index (χ2v) is 20.4. The zero-order chi connectivity index (χ0) is 42.0. The summed E-state index contributed by atoms with van der Waals surface area (Å²) in [5, 5.41) is 5.89. The smallest absolute Gasteiger partial charge is 0.407 e. The van der Waals surface area contributed by atoms with Crippen molar-refractivity contribution in [3.8, 4) is 0 Å². The van der Waals surface area contributed by atoms with Crippen LogP contribution in [0.5, 0.6) is 0 Å². The SMILES string of the molecule is CCCCCCCCCCCCC(=O)N(CCCCNC(=O)O[C@H]1CC[C@@]2(C)C(=CC[C@H]3[C@@H]4CC[C@H]([C@H](C)CCCC(C)C)[C@@]4(C)CC[C@@H]32)C1)CC(=O)NCCCN. The molecule has 0 aromatic rings. The molecule has 3 amide bonds. The highest BCUT2D eigenvalue weighted by atomic mass is 16.6. The van der Waals surface area contributed by atoms with E-state index in [9.17, 15) is 14.4 Å². The van der Waals surface area contributed by atoms with Gasteiger partial charge in [0.1, 0.15) is 6.10 Å². The number of alkyl carbamates (subject to hydrolysis) is 1. The number of rotatable bonds is 27. The van der Waals surface area contributed by atoms with E-state index in [0.717, 1.165) is 86.9 Å². The second kappa shape index (κ2) is 25.0. The first kappa shape index (κ1) is 48.6. The van der Waals surface area contributed by atoms with E-state index in [1.54, 1.807) is 10.5 Å². The van der Waals surface area contributed by atoms with Gasteiger partial charge in [-0.15, -0.1) is 0 Å². The Kier molecular flexibility index (Phi) is 20.9. The first-order valence-electron chi connectivity index (χ1n) is 24.8. The molecule has 0 aliphatic heterocycles. The van der Waals surface area contributed by atoms with Gasteiger partial charge in [-0.25, -0.2) is 4.79 Å². The molecule has 8 heteroatoms. The number of carbonyl (C=O) groups is 3. The van der Waals surface area contributed by atoms with Crippen LogP contribution in [0.25, 0.3) is 0 Å². The monoisotopic (exact) mass is 811 g/mol. The van der Waals surface area contributed by atoms with Gasteiger partial charge in [-0.3, -0.25) is 9.59 Å². The molecule has 58 heavy (non-hydrogen) atoms. The summed E-state index contributed by atoms with van der Waals surface area (Å²) in [4.78, 5) is 40.5. The van der Waals surface area contributed by atoms with Gasteiger partial charge >= 0.3 is 6.09 Å². The number of fused-ring (bicyclic) bond motifs is 5. The maximum Gasteiger partial charge on any atom is 0.407 e. The molecule has 3 fully saturated rings. The van der Waals surface area contributed by atoms with Crippen LogP contribution in [0.15, 0.2) is 11.6 Å². The predicted octanol–water partition coefficient (Wildman–Crippen LogP) is 11.5. The highest BCUT2D eigenvalue weighted by molar-refractivity contribution is 5.84. The summed E-state index contributed by atoms with van der Waals surface area (Å²) in [6, 6.07) is 0. The van der Waals surface area contributed by atoms with E-state index in [1.807, 2.05) is 0 Å². The molecule has 0 aromatic carbocycles. The second-order valence-electron chi connectivity index (χ2n) is 20.4. The number of carbonyl (C=O) groups excluding carboxylic acids is 3. The third-order valence-electron chi connectivity index (χ3n) is 15.8. The minimum atomic E-state index is -0.330. The summed E-state index contributed by atoms with van der Waals surface area (Å²) in [5.41, 5.74) is 7.88. The molecule has 3 saturated carbocycles. The van der Waals surface area contributed by atoms with Gasteiger partial charge in [0, 0.05) is 32.5 Å². The van der Waals surface area contributed by atoms with Crippen molar-refractivity contribution in [2.24, 2.45) is 52.1 Å². The van der Waals surface area contributed by atoms with Gasteiger partial charge in [0.2, 0.25) is 11.8 Å². The third kappa shape index (κ3) is 14.3. The number of allylic oxidation sites excluding steroid dienone is 1. The van der Waals surface area contributed by atoms with E-state index in [-0.39, 0.29) is 36.0 Å². The number of hydrogen-bond donors (Lipinski definition) is 3. The molecule has 0 bridgehead atoms. The standard InChI is InChI=1S/C50H90N4O4/c1-7-8-9-10-11-12-13-14-15-16-23-47(56)54(37-46(55)52-34-20-32-51)35-18-17-33-53-48(57)58-41-28-30-49(5)40(36-41)24-25-42-44-27-26-43(39(4)22-19-21-38(2)3)50(44,6)31-29-45(42)49/h24,38-39,41-45H,7-23,25-37,51H2,1-6H3,(H,52,55)(H,53,57)/t39-,41+,42+,43-,44+,45+,49+,50-/m1/s1. The molecule has 4 N–H and O–H groups in total. The van der Waals surface area contributed by atoms with Gasteiger partial charge in [0.15, 0.2) is 0 Å². The van der Waals surface area contributed by atoms with E-state index in [0.29, 0.717) is 38.0 Å². The number of nitrogens with zero attached hydrogens (tertiary/aromatic N) is 1. The molecule has 4 aliphatic rings. The summed E-state index contributed by atoms with van der Waals surface area (Å²) in [6.45, 7) is 16.9. The fourth-order valence-corrected chi connectivity index (χ4v) is 12.3. The predicted molar refractivity (Wildman–Crippen MR) is 240 cm³/mol. The number of ether oxygens (including phenoxy) is 1.